The quantitative estimate of drug-likeness (QED) is 0.850. The van der Waals surface area contributed by atoms with Crippen LogP contribution in [0.2, 0.25) is 0 Å². The average Bonchev–Trinajstić information content (AvgIpc) is 2.90. The van der Waals surface area contributed by atoms with Gasteiger partial charge in [0.1, 0.15) is 5.65 Å². The normalized spacial score (nSPS) is 17.1. The third kappa shape index (κ3) is 3.17. The third-order valence-electron chi connectivity index (χ3n) is 3.98. The molecule has 0 aromatic carbocycles. The van der Waals surface area contributed by atoms with Crippen molar-refractivity contribution in [3.05, 3.63) is 30.1 Å². The summed E-state index contributed by atoms with van der Waals surface area (Å²) in [5.41, 5.74) is 2.31. The van der Waals surface area contributed by atoms with Crippen molar-refractivity contribution < 1.29 is 0 Å². The summed E-state index contributed by atoms with van der Waals surface area (Å²) in [7, 11) is 2.19. The number of likely N-dealkylation sites (N-methyl/N-ethyl adjacent to an activating group) is 1. The summed E-state index contributed by atoms with van der Waals surface area (Å²) in [6, 6.07) is 4.14. The van der Waals surface area contributed by atoms with Crippen molar-refractivity contribution in [3.8, 4) is 0 Å². The highest BCUT2D eigenvalue weighted by Crippen LogP contribution is 2.16. The number of nitrogens with one attached hydrogen (secondary N) is 2. The summed E-state index contributed by atoms with van der Waals surface area (Å²) in [5, 5.41) is 4.63. The van der Waals surface area contributed by atoms with Crippen molar-refractivity contribution in [1.82, 2.24) is 25.1 Å². The maximum atomic E-state index is 4.34. The molecule has 0 bridgehead atoms. The van der Waals surface area contributed by atoms with Crippen molar-refractivity contribution in [3.63, 3.8) is 0 Å². The van der Waals surface area contributed by atoms with Gasteiger partial charge in [0, 0.05) is 63.6 Å². The predicted octanol–water partition coefficient (Wildman–Crippen LogP) is 0.900. The number of piperazine rings is 1. The van der Waals surface area contributed by atoms with E-state index in [-0.39, 0.29) is 0 Å². The van der Waals surface area contributed by atoms with Gasteiger partial charge < -0.3 is 15.2 Å². The van der Waals surface area contributed by atoms with Gasteiger partial charge in [-0.2, -0.15) is 0 Å². The lowest BCUT2D eigenvalue weighted by molar-refractivity contribution is 0.202. The monoisotopic (exact) mass is 273 g/mol. The highest BCUT2D eigenvalue weighted by atomic mass is 15.2. The van der Waals surface area contributed by atoms with E-state index in [1.165, 1.54) is 24.0 Å². The molecule has 0 atom stereocenters. The van der Waals surface area contributed by atoms with E-state index in [1.54, 1.807) is 0 Å². The van der Waals surface area contributed by atoms with Crippen LogP contribution in [0.15, 0.2) is 24.5 Å². The van der Waals surface area contributed by atoms with Gasteiger partial charge in [0.05, 0.1) is 0 Å². The molecule has 2 aromatic heterocycles. The number of aromatic nitrogens is 2. The van der Waals surface area contributed by atoms with Gasteiger partial charge >= 0.3 is 0 Å². The summed E-state index contributed by atoms with van der Waals surface area (Å²) >= 11 is 0. The van der Waals surface area contributed by atoms with Gasteiger partial charge in [-0.05, 0) is 24.7 Å². The highest BCUT2D eigenvalue weighted by Gasteiger charge is 2.11. The SMILES string of the molecule is CN(CCN1CCNCC1)Cc1c[nH]c2ncccc12. The standard InChI is InChI=1S/C15H23N5/c1-19(9-10-20-7-5-16-6-8-20)12-13-11-18-15-14(13)3-2-4-17-15/h2-4,11,16H,5-10,12H2,1H3,(H,17,18). The first-order valence-corrected chi connectivity index (χ1v) is 7.35. The van der Waals surface area contributed by atoms with E-state index in [2.05, 4.69) is 44.4 Å². The number of rotatable bonds is 5. The van der Waals surface area contributed by atoms with Crippen LogP contribution in [-0.2, 0) is 6.54 Å². The molecular weight excluding hydrogens is 250 g/mol. The van der Waals surface area contributed by atoms with Crippen LogP contribution < -0.4 is 5.32 Å². The molecule has 1 fully saturated rings. The van der Waals surface area contributed by atoms with E-state index in [0.717, 1.165) is 38.4 Å². The van der Waals surface area contributed by atoms with Gasteiger partial charge in [-0.3, -0.25) is 4.90 Å². The second-order valence-electron chi connectivity index (χ2n) is 5.54. The maximum absolute atomic E-state index is 4.34. The molecule has 1 aliphatic rings. The third-order valence-corrected chi connectivity index (χ3v) is 3.98. The maximum Gasteiger partial charge on any atom is 0.137 e. The largest absolute Gasteiger partial charge is 0.346 e. The summed E-state index contributed by atoms with van der Waals surface area (Å²) < 4.78 is 0. The number of pyridine rings is 1. The Labute approximate surface area is 120 Å². The van der Waals surface area contributed by atoms with Crippen molar-refractivity contribution in [1.29, 1.82) is 0 Å². The number of hydrogen-bond acceptors (Lipinski definition) is 4. The van der Waals surface area contributed by atoms with Crippen LogP contribution in [0.1, 0.15) is 5.56 Å². The minimum Gasteiger partial charge on any atom is -0.346 e. The molecule has 20 heavy (non-hydrogen) atoms. The van der Waals surface area contributed by atoms with Gasteiger partial charge in [-0.1, -0.05) is 0 Å². The second kappa shape index (κ2) is 6.35. The smallest absolute Gasteiger partial charge is 0.137 e. The fourth-order valence-corrected chi connectivity index (χ4v) is 2.76. The van der Waals surface area contributed by atoms with E-state index in [0.29, 0.717) is 0 Å². The molecule has 1 aliphatic heterocycles. The number of H-pyrrole nitrogens is 1. The Morgan fingerprint density at radius 2 is 2.20 bits per heavy atom. The molecule has 0 amide bonds. The zero-order valence-electron chi connectivity index (χ0n) is 12.1. The van der Waals surface area contributed by atoms with Gasteiger partial charge in [-0.15, -0.1) is 0 Å². The lowest BCUT2D eigenvalue weighted by Crippen LogP contribution is -2.45. The fraction of sp³-hybridized carbons (Fsp3) is 0.533. The molecule has 0 saturated carbocycles. The van der Waals surface area contributed by atoms with E-state index in [1.807, 2.05) is 12.3 Å². The molecule has 2 N–H and O–H groups in total. The number of aromatic amines is 1. The van der Waals surface area contributed by atoms with E-state index < -0.39 is 0 Å². The van der Waals surface area contributed by atoms with E-state index in [4.69, 9.17) is 0 Å². The Morgan fingerprint density at radius 1 is 1.35 bits per heavy atom. The van der Waals surface area contributed by atoms with Crippen molar-refractivity contribution in [2.75, 3.05) is 46.3 Å². The molecule has 0 unspecified atom stereocenters. The van der Waals surface area contributed by atoms with Gasteiger partial charge in [0.15, 0.2) is 0 Å². The first-order chi connectivity index (χ1) is 9.83. The van der Waals surface area contributed by atoms with Gasteiger partial charge in [0.25, 0.3) is 0 Å². The van der Waals surface area contributed by atoms with Crippen LogP contribution in [0.25, 0.3) is 11.0 Å². The molecular formula is C15H23N5. The Balaban J connectivity index is 1.54. The molecule has 0 aliphatic carbocycles. The zero-order chi connectivity index (χ0) is 13.8. The topological polar surface area (TPSA) is 47.2 Å². The summed E-state index contributed by atoms with van der Waals surface area (Å²) in [4.78, 5) is 12.5. The summed E-state index contributed by atoms with van der Waals surface area (Å²) in [6.07, 6.45) is 3.91. The molecule has 0 radical (unpaired) electrons. The minimum absolute atomic E-state index is 0.970. The fourth-order valence-electron chi connectivity index (χ4n) is 2.76. The van der Waals surface area contributed by atoms with E-state index >= 15 is 0 Å². The molecule has 3 rings (SSSR count). The van der Waals surface area contributed by atoms with Crippen LogP contribution >= 0.6 is 0 Å². The van der Waals surface area contributed by atoms with Crippen LogP contribution in [0.3, 0.4) is 0 Å². The minimum atomic E-state index is 0.970. The second-order valence-corrected chi connectivity index (χ2v) is 5.54. The lowest BCUT2D eigenvalue weighted by Gasteiger charge is -2.29. The van der Waals surface area contributed by atoms with Crippen LogP contribution in [0.4, 0.5) is 0 Å². The molecule has 0 spiro atoms. The number of hydrogen-bond donors (Lipinski definition) is 2. The van der Waals surface area contributed by atoms with E-state index in [9.17, 15) is 0 Å². The Hall–Kier alpha value is -1.43. The van der Waals surface area contributed by atoms with Gasteiger partial charge in [0.2, 0.25) is 0 Å². The zero-order valence-corrected chi connectivity index (χ0v) is 12.1. The molecule has 108 valence electrons. The average molecular weight is 273 g/mol. The first kappa shape index (κ1) is 13.5. The number of nitrogens with zero attached hydrogens (tertiary/aromatic N) is 3. The van der Waals surface area contributed by atoms with Crippen molar-refractivity contribution in [2.45, 2.75) is 6.54 Å². The molecule has 3 heterocycles. The van der Waals surface area contributed by atoms with Crippen LogP contribution in [-0.4, -0.2) is 66.1 Å². The van der Waals surface area contributed by atoms with Crippen LogP contribution in [0.5, 0.6) is 0 Å². The number of fused-ring (bicyclic) bond motifs is 1. The van der Waals surface area contributed by atoms with Crippen LogP contribution in [0, 0.1) is 0 Å². The van der Waals surface area contributed by atoms with Crippen molar-refractivity contribution in [2.24, 2.45) is 0 Å². The first-order valence-electron chi connectivity index (χ1n) is 7.35. The van der Waals surface area contributed by atoms with Crippen molar-refractivity contribution >= 4 is 11.0 Å². The molecule has 5 nitrogen and oxygen atoms in total. The molecule has 5 heteroatoms. The Morgan fingerprint density at radius 3 is 3.05 bits per heavy atom. The highest BCUT2D eigenvalue weighted by molar-refractivity contribution is 5.79. The summed E-state index contributed by atoms with van der Waals surface area (Å²) in [5.74, 6) is 0. The van der Waals surface area contributed by atoms with Gasteiger partial charge in [-0.25, -0.2) is 4.98 Å². The Bertz CT molecular complexity index is 544. The lowest BCUT2D eigenvalue weighted by atomic mass is 10.2. The summed E-state index contributed by atoms with van der Waals surface area (Å²) in [6.45, 7) is 7.81. The predicted molar refractivity (Wildman–Crippen MR) is 81.7 cm³/mol. The molecule has 1 saturated heterocycles. The Kier molecular flexibility index (Phi) is 4.30. The molecule has 2 aromatic rings.